The molecule has 0 bridgehead atoms. The zero-order valence-corrected chi connectivity index (χ0v) is 13.2. The summed E-state index contributed by atoms with van der Waals surface area (Å²) in [5.41, 5.74) is 1.29. The number of H-pyrrole nitrogens is 1. The molecule has 1 fully saturated rings. The van der Waals surface area contributed by atoms with Gasteiger partial charge in [-0.1, -0.05) is 0 Å². The van der Waals surface area contributed by atoms with Crippen molar-refractivity contribution in [2.75, 3.05) is 18.9 Å². The lowest BCUT2D eigenvalue weighted by molar-refractivity contribution is 0.0731. The largest absolute Gasteiger partial charge is 0.372 e. The standard InChI is InChI=1S/C16H19N5O2/c1-10-5-6-11(15(22)19-10)16(23)21-7-3-4-13(21)12-8-18-9-14(17-2)20-12/h5-6,8-9,13H,3-4,7H2,1-2H3,(H,17,20)(H,19,22)/t13-/m1/s1. The van der Waals surface area contributed by atoms with Gasteiger partial charge in [0.15, 0.2) is 0 Å². The molecule has 0 radical (unpaired) electrons. The number of amides is 1. The molecule has 0 aliphatic carbocycles. The van der Waals surface area contributed by atoms with Crippen molar-refractivity contribution in [1.29, 1.82) is 0 Å². The molecule has 2 N–H and O–H groups in total. The average molecular weight is 313 g/mol. The first-order chi connectivity index (χ1) is 11.1. The molecule has 3 rings (SSSR count). The number of anilines is 1. The highest BCUT2D eigenvalue weighted by molar-refractivity contribution is 5.94. The van der Waals surface area contributed by atoms with Crippen LogP contribution in [0.15, 0.2) is 29.3 Å². The van der Waals surface area contributed by atoms with E-state index in [1.54, 1.807) is 43.4 Å². The minimum Gasteiger partial charge on any atom is -0.372 e. The molecule has 3 heterocycles. The Morgan fingerprint density at radius 1 is 1.39 bits per heavy atom. The average Bonchev–Trinajstić information content (AvgIpc) is 3.04. The van der Waals surface area contributed by atoms with E-state index in [1.165, 1.54) is 0 Å². The van der Waals surface area contributed by atoms with Crippen molar-refractivity contribution < 1.29 is 4.79 Å². The fourth-order valence-corrected chi connectivity index (χ4v) is 2.87. The molecule has 2 aromatic rings. The molecule has 1 saturated heterocycles. The first-order valence-electron chi connectivity index (χ1n) is 7.60. The van der Waals surface area contributed by atoms with E-state index in [-0.39, 0.29) is 23.1 Å². The maximum Gasteiger partial charge on any atom is 0.260 e. The molecule has 0 unspecified atom stereocenters. The Bertz CT molecular complexity index is 786. The second-order valence-electron chi connectivity index (χ2n) is 5.62. The van der Waals surface area contributed by atoms with Crippen LogP contribution in [0.3, 0.4) is 0 Å². The highest BCUT2D eigenvalue weighted by Gasteiger charge is 2.32. The van der Waals surface area contributed by atoms with E-state index in [0.29, 0.717) is 12.4 Å². The number of aryl methyl sites for hydroxylation is 1. The molecular weight excluding hydrogens is 294 g/mol. The zero-order valence-electron chi connectivity index (χ0n) is 13.2. The van der Waals surface area contributed by atoms with Crippen molar-refractivity contribution in [3.8, 4) is 0 Å². The lowest BCUT2D eigenvalue weighted by Crippen LogP contribution is -2.34. The summed E-state index contributed by atoms with van der Waals surface area (Å²) in [4.78, 5) is 37.8. The summed E-state index contributed by atoms with van der Waals surface area (Å²) in [7, 11) is 1.78. The van der Waals surface area contributed by atoms with E-state index in [1.807, 2.05) is 0 Å². The Kier molecular flexibility index (Phi) is 4.10. The minimum atomic E-state index is -0.351. The molecule has 0 spiro atoms. The second-order valence-corrected chi connectivity index (χ2v) is 5.62. The molecular formula is C16H19N5O2. The quantitative estimate of drug-likeness (QED) is 0.896. The van der Waals surface area contributed by atoms with Crippen LogP contribution in [-0.4, -0.2) is 39.4 Å². The van der Waals surface area contributed by atoms with Crippen LogP contribution in [0.4, 0.5) is 5.82 Å². The van der Waals surface area contributed by atoms with Gasteiger partial charge in [0, 0.05) is 19.3 Å². The van der Waals surface area contributed by atoms with Gasteiger partial charge < -0.3 is 15.2 Å². The summed E-state index contributed by atoms with van der Waals surface area (Å²) in [6.07, 6.45) is 5.01. The first-order valence-corrected chi connectivity index (χ1v) is 7.60. The molecule has 7 nitrogen and oxygen atoms in total. The number of aromatic amines is 1. The van der Waals surface area contributed by atoms with Gasteiger partial charge in [-0.3, -0.25) is 14.6 Å². The summed E-state index contributed by atoms with van der Waals surface area (Å²) in [6, 6.07) is 3.17. The lowest BCUT2D eigenvalue weighted by atomic mass is 10.1. The summed E-state index contributed by atoms with van der Waals surface area (Å²) >= 11 is 0. The molecule has 1 amide bonds. The van der Waals surface area contributed by atoms with Crippen LogP contribution in [-0.2, 0) is 0 Å². The molecule has 23 heavy (non-hydrogen) atoms. The van der Waals surface area contributed by atoms with Crippen LogP contribution in [0.5, 0.6) is 0 Å². The fraction of sp³-hybridized carbons (Fsp3) is 0.375. The van der Waals surface area contributed by atoms with E-state index in [2.05, 4.69) is 20.3 Å². The van der Waals surface area contributed by atoms with Crippen LogP contribution in [0.1, 0.15) is 40.6 Å². The van der Waals surface area contributed by atoms with Gasteiger partial charge in [-0.25, -0.2) is 4.98 Å². The van der Waals surface area contributed by atoms with Crippen molar-refractivity contribution in [2.45, 2.75) is 25.8 Å². The molecule has 2 aromatic heterocycles. The molecule has 7 heteroatoms. The molecule has 0 saturated carbocycles. The third kappa shape index (κ3) is 2.94. The summed E-state index contributed by atoms with van der Waals surface area (Å²) < 4.78 is 0. The number of pyridine rings is 1. The second kappa shape index (κ2) is 6.20. The summed E-state index contributed by atoms with van der Waals surface area (Å²) in [5, 5.41) is 2.95. The van der Waals surface area contributed by atoms with Crippen molar-refractivity contribution in [2.24, 2.45) is 0 Å². The third-order valence-electron chi connectivity index (χ3n) is 4.05. The number of nitrogens with zero attached hydrogens (tertiary/aromatic N) is 3. The van der Waals surface area contributed by atoms with Gasteiger partial charge in [0.25, 0.3) is 11.5 Å². The van der Waals surface area contributed by atoms with Crippen molar-refractivity contribution in [3.63, 3.8) is 0 Å². The van der Waals surface area contributed by atoms with Gasteiger partial charge in [0.2, 0.25) is 0 Å². The number of carbonyl (C=O) groups excluding carboxylic acids is 1. The van der Waals surface area contributed by atoms with Crippen molar-refractivity contribution >= 4 is 11.7 Å². The normalized spacial score (nSPS) is 17.3. The Labute approximate surface area is 133 Å². The monoisotopic (exact) mass is 313 g/mol. The maximum atomic E-state index is 12.8. The zero-order chi connectivity index (χ0) is 16.4. The molecule has 1 atom stereocenters. The SMILES string of the molecule is CNc1cncc([C@H]2CCCN2C(=O)c2ccc(C)[nH]c2=O)n1. The van der Waals surface area contributed by atoms with E-state index in [9.17, 15) is 9.59 Å². The van der Waals surface area contributed by atoms with Gasteiger partial charge in [0.1, 0.15) is 11.4 Å². The van der Waals surface area contributed by atoms with E-state index in [4.69, 9.17) is 0 Å². The molecule has 1 aliphatic heterocycles. The smallest absolute Gasteiger partial charge is 0.260 e. The number of nitrogens with one attached hydrogen (secondary N) is 2. The Morgan fingerprint density at radius 2 is 2.22 bits per heavy atom. The molecule has 0 aromatic carbocycles. The topological polar surface area (TPSA) is 91.0 Å². The number of likely N-dealkylation sites (tertiary alicyclic amines) is 1. The summed E-state index contributed by atoms with van der Waals surface area (Å²) in [6.45, 7) is 2.40. The van der Waals surface area contributed by atoms with Gasteiger partial charge in [-0.15, -0.1) is 0 Å². The Balaban J connectivity index is 1.91. The van der Waals surface area contributed by atoms with Gasteiger partial charge in [0.05, 0.1) is 24.1 Å². The highest BCUT2D eigenvalue weighted by atomic mass is 16.2. The van der Waals surface area contributed by atoms with Crippen LogP contribution >= 0.6 is 0 Å². The third-order valence-corrected chi connectivity index (χ3v) is 4.05. The number of carbonyl (C=O) groups is 1. The van der Waals surface area contributed by atoms with Crippen molar-refractivity contribution in [3.05, 3.63) is 51.8 Å². The fourth-order valence-electron chi connectivity index (χ4n) is 2.87. The minimum absolute atomic E-state index is 0.149. The van der Waals surface area contributed by atoms with E-state index < -0.39 is 0 Å². The van der Waals surface area contributed by atoms with Crippen LogP contribution < -0.4 is 10.9 Å². The Morgan fingerprint density at radius 3 is 2.96 bits per heavy atom. The number of hydrogen-bond donors (Lipinski definition) is 2. The predicted octanol–water partition coefficient (Wildman–Crippen LogP) is 1.49. The maximum absolute atomic E-state index is 12.8. The molecule has 1 aliphatic rings. The highest BCUT2D eigenvalue weighted by Crippen LogP contribution is 2.31. The summed E-state index contributed by atoms with van der Waals surface area (Å²) in [5.74, 6) is 0.403. The number of rotatable bonds is 3. The van der Waals surface area contributed by atoms with Gasteiger partial charge in [-0.05, 0) is 31.9 Å². The predicted molar refractivity (Wildman–Crippen MR) is 86.4 cm³/mol. The lowest BCUT2D eigenvalue weighted by Gasteiger charge is -2.24. The van der Waals surface area contributed by atoms with E-state index in [0.717, 1.165) is 24.2 Å². The van der Waals surface area contributed by atoms with E-state index >= 15 is 0 Å². The first kappa shape index (κ1) is 15.2. The van der Waals surface area contributed by atoms with Crippen LogP contribution in [0.25, 0.3) is 0 Å². The van der Waals surface area contributed by atoms with Gasteiger partial charge in [-0.2, -0.15) is 0 Å². The Hall–Kier alpha value is -2.70. The van der Waals surface area contributed by atoms with Crippen LogP contribution in [0, 0.1) is 6.92 Å². The van der Waals surface area contributed by atoms with Crippen LogP contribution in [0.2, 0.25) is 0 Å². The van der Waals surface area contributed by atoms with Gasteiger partial charge >= 0.3 is 0 Å². The number of hydrogen-bond acceptors (Lipinski definition) is 5. The van der Waals surface area contributed by atoms with Crippen molar-refractivity contribution in [1.82, 2.24) is 19.9 Å². The molecule has 120 valence electrons. The number of aromatic nitrogens is 3.